The number of phenolic OH excluding ortho intramolecular Hbond substituents is 1. The number of aromatic hydroxyl groups is 1. The summed E-state index contributed by atoms with van der Waals surface area (Å²) in [5.41, 5.74) is 1.28. The van der Waals surface area contributed by atoms with Gasteiger partial charge in [-0.15, -0.1) is 5.10 Å². The predicted molar refractivity (Wildman–Crippen MR) is 143 cm³/mol. The van der Waals surface area contributed by atoms with Gasteiger partial charge < -0.3 is 19.7 Å². The van der Waals surface area contributed by atoms with E-state index >= 15 is 0 Å². The third-order valence-corrected chi connectivity index (χ3v) is 6.60. The number of amides is 1. The van der Waals surface area contributed by atoms with Gasteiger partial charge in [-0.3, -0.25) is 14.5 Å². The molecule has 2 N–H and O–H groups in total. The van der Waals surface area contributed by atoms with E-state index in [0.717, 1.165) is 11.8 Å². The molecule has 1 amide bonds. The molecular weight excluding hydrogens is 529 g/mol. The standard InChI is InChI=1S/C27H22FN3O7S/c1-37-23-12-16(2-11-22(23)38-15-25(34)35)14-29-30-27-31(19-7-9-20(32)10-8-19)26(36)24(39-27)13-21(33)17-3-5-18(28)6-4-17/h2-12,14,24,32H,13,15H2,1H3,(H,34,35). The van der Waals surface area contributed by atoms with Crippen LogP contribution in [0.1, 0.15) is 22.3 Å². The van der Waals surface area contributed by atoms with Gasteiger partial charge >= 0.3 is 5.97 Å². The Morgan fingerprint density at radius 2 is 1.79 bits per heavy atom. The zero-order chi connectivity index (χ0) is 27.9. The number of carbonyl (C=O) groups is 3. The number of amidine groups is 1. The quantitative estimate of drug-likeness (QED) is 0.218. The lowest BCUT2D eigenvalue weighted by molar-refractivity contribution is -0.139. The average Bonchev–Trinajstić information content (AvgIpc) is 3.22. The molecule has 1 aliphatic rings. The number of ether oxygens (including phenoxy) is 2. The number of aliphatic carboxylic acids is 1. The fourth-order valence-electron chi connectivity index (χ4n) is 3.60. The van der Waals surface area contributed by atoms with Gasteiger partial charge in [0.05, 0.1) is 24.3 Å². The number of ketones is 1. The summed E-state index contributed by atoms with van der Waals surface area (Å²) in [6.07, 6.45) is 1.27. The number of benzene rings is 3. The van der Waals surface area contributed by atoms with Crippen molar-refractivity contribution in [3.8, 4) is 17.2 Å². The fraction of sp³-hybridized carbons (Fsp3) is 0.148. The SMILES string of the molecule is COc1cc(C=NN=C2SC(CC(=O)c3ccc(F)cc3)C(=O)N2c2ccc(O)cc2)ccc1OCC(=O)O. The van der Waals surface area contributed by atoms with Gasteiger partial charge in [-0.2, -0.15) is 5.10 Å². The first kappa shape index (κ1) is 27.3. The largest absolute Gasteiger partial charge is 0.508 e. The first-order valence-corrected chi connectivity index (χ1v) is 12.3. The summed E-state index contributed by atoms with van der Waals surface area (Å²) >= 11 is 1.06. The van der Waals surface area contributed by atoms with E-state index in [0.29, 0.717) is 17.0 Å². The van der Waals surface area contributed by atoms with Crippen molar-refractivity contribution in [1.82, 2.24) is 0 Å². The Labute approximate surface area is 226 Å². The Kier molecular flexibility index (Phi) is 8.56. The van der Waals surface area contributed by atoms with Crippen molar-refractivity contribution in [2.45, 2.75) is 11.7 Å². The Morgan fingerprint density at radius 1 is 1.08 bits per heavy atom. The van der Waals surface area contributed by atoms with Gasteiger partial charge in [-0.05, 0) is 72.3 Å². The van der Waals surface area contributed by atoms with Gasteiger partial charge in [-0.1, -0.05) is 11.8 Å². The lowest BCUT2D eigenvalue weighted by atomic mass is 10.1. The summed E-state index contributed by atoms with van der Waals surface area (Å²) in [4.78, 5) is 38.1. The van der Waals surface area contributed by atoms with E-state index in [4.69, 9.17) is 14.6 Å². The lowest BCUT2D eigenvalue weighted by Gasteiger charge is -2.15. The number of nitrogens with zero attached hydrogens (tertiary/aromatic N) is 3. The van der Waals surface area contributed by atoms with Crippen LogP contribution in [-0.2, 0) is 9.59 Å². The number of methoxy groups -OCH3 is 1. The van der Waals surface area contributed by atoms with Crippen LogP contribution in [0, 0.1) is 5.82 Å². The summed E-state index contributed by atoms with van der Waals surface area (Å²) < 4.78 is 23.7. The van der Waals surface area contributed by atoms with Crippen molar-refractivity contribution in [3.05, 3.63) is 83.7 Å². The molecule has 1 aliphatic heterocycles. The molecule has 12 heteroatoms. The zero-order valence-electron chi connectivity index (χ0n) is 20.5. The van der Waals surface area contributed by atoms with E-state index < -0.39 is 29.6 Å². The van der Waals surface area contributed by atoms with Crippen LogP contribution in [0.4, 0.5) is 10.1 Å². The normalized spacial score (nSPS) is 16.2. The number of carboxylic acid groups (broad SMARTS) is 1. The van der Waals surface area contributed by atoms with E-state index in [1.807, 2.05) is 0 Å². The number of thioether (sulfide) groups is 1. The molecule has 4 rings (SSSR count). The lowest BCUT2D eigenvalue weighted by Crippen LogP contribution is -2.32. The topological polar surface area (TPSA) is 138 Å². The number of halogens is 1. The second-order valence-electron chi connectivity index (χ2n) is 8.15. The van der Waals surface area contributed by atoms with E-state index in [-0.39, 0.29) is 34.4 Å². The molecule has 0 aromatic heterocycles. The minimum atomic E-state index is -1.13. The summed E-state index contributed by atoms with van der Waals surface area (Å²) in [7, 11) is 1.41. The smallest absolute Gasteiger partial charge is 0.341 e. The van der Waals surface area contributed by atoms with E-state index in [9.17, 15) is 23.9 Å². The van der Waals surface area contributed by atoms with Crippen molar-refractivity contribution in [2.75, 3.05) is 18.6 Å². The summed E-state index contributed by atoms with van der Waals surface area (Å²) in [6, 6.07) is 15.8. The van der Waals surface area contributed by atoms with Gasteiger partial charge in [0, 0.05) is 12.0 Å². The van der Waals surface area contributed by atoms with Crippen molar-refractivity contribution in [1.29, 1.82) is 0 Å². The van der Waals surface area contributed by atoms with Crippen molar-refractivity contribution in [3.63, 3.8) is 0 Å². The first-order valence-electron chi connectivity index (χ1n) is 11.5. The molecule has 0 saturated carbocycles. The molecule has 0 radical (unpaired) electrons. The van der Waals surface area contributed by atoms with Crippen LogP contribution in [0.2, 0.25) is 0 Å². The molecule has 0 spiro atoms. The highest BCUT2D eigenvalue weighted by Gasteiger charge is 2.40. The predicted octanol–water partition coefficient (Wildman–Crippen LogP) is 4.11. The molecule has 1 saturated heterocycles. The molecule has 10 nitrogen and oxygen atoms in total. The number of carbonyl (C=O) groups excluding carboxylic acids is 2. The van der Waals surface area contributed by atoms with E-state index in [2.05, 4.69) is 10.2 Å². The number of carboxylic acids is 1. The molecule has 0 bridgehead atoms. The molecule has 39 heavy (non-hydrogen) atoms. The van der Waals surface area contributed by atoms with Crippen LogP contribution in [0.15, 0.2) is 76.9 Å². The maximum atomic E-state index is 13.3. The van der Waals surface area contributed by atoms with Crippen LogP contribution in [0.25, 0.3) is 0 Å². The second kappa shape index (κ2) is 12.2. The number of hydrogen-bond acceptors (Lipinski definition) is 9. The number of hydrogen-bond donors (Lipinski definition) is 2. The highest BCUT2D eigenvalue weighted by atomic mass is 32.2. The Bertz CT molecular complexity index is 1440. The Balaban J connectivity index is 1.57. The summed E-state index contributed by atoms with van der Waals surface area (Å²) in [5, 5.41) is 26.2. The van der Waals surface area contributed by atoms with Gasteiger partial charge in [0.1, 0.15) is 11.6 Å². The molecule has 1 atom stereocenters. The molecule has 1 unspecified atom stereocenters. The molecule has 1 heterocycles. The van der Waals surface area contributed by atoms with Crippen LogP contribution in [-0.4, -0.2) is 58.2 Å². The van der Waals surface area contributed by atoms with Gasteiger partial charge in [-0.25, -0.2) is 9.18 Å². The highest BCUT2D eigenvalue weighted by molar-refractivity contribution is 8.16. The van der Waals surface area contributed by atoms with Crippen molar-refractivity contribution < 1.29 is 38.5 Å². The monoisotopic (exact) mass is 551 g/mol. The van der Waals surface area contributed by atoms with Gasteiger partial charge in [0.2, 0.25) is 5.91 Å². The second-order valence-corrected chi connectivity index (χ2v) is 9.32. The third-order valence-electron chi connectivity index (χ3n) is 5.47. The van der Waals surface area contributed by atoms with Gasteiger partial charge in [0.25, 0.3) is 0 Å². The van der Waals surface area contributed by atoms with Crippen LogP contribution < -0.4 is 14.4 Å². The number of anilines is 1. The molecular formula is C27H22FN3O7S. The van der Waals surface area contributed by atoms with E-state index in [1.54, 1.807) is 12.1 Å². The Hall–Kier alpha value is -4.71. The molecule has 3 aromatic rings. The zero-order valence-corrected chi connectivity index (χ0v) is 21.3. The number of rotatable bonds is 10. The minimum absolute atomic E-state index is 0.0160. The molecule has 1 fully saturated rings. The summed E-state index contributed by atoms with van der Waals surface area (Å²) in [5.74, 6) is -1.76. The van der Waals surface area contributed by atoms with Crippen LogP contribution >= 0.6 is 11.8 Å². The van der Waals surface area contributed by atoms with Crippen molar-refractivity contribution >= 4 is 46.5 Å². The molecule has 3 aromatic carbocycles. The third kappa shape index (κ3) is 6.79. The van der Waals surface area contributed by atoms with E-state index in [1.165, 1.54) is 72.8 Å². The maximum Gasteiger partial charge on any atom is 0.341 e. The maximum absolute atomic E-state index is 13.3. The van der Waals surface area contributed by atoms with Crippen LogP contribution in [0.3, 0.4) is 0 Å². The molecule has 0 aliphatic carbocycles. The molecule has 200 valence electrons. The van der Waals surface area contributed by atoms with Crippen molar-refractivity contribution in [2.24, 2.45) is 10.2 Å². The number of phenols is 1. The average molecular weight is 552 g/mol. The summed E-state index contributed by atoms with van der Waals surface area (Å²) in [6.45, 7) is -0.527. The number of Topliss-reactive ketones (excluding diaryl/α,β-unsaturated/α-hetero) is 1. The highest BCUT2D eigenvalue weighted by Crippen LogP contribution is 2.35. The van der Waals surface area contributed by atoms with Gasteiger partial charge in [0.15, 0.2) is 29.1 Å². The fourth-order valence-corrected chi connectivity index (χ4v) is 4.69. The minimum Gasteiger partial charge on any atom is -0.508 e. The first-order chi connectivity index (χ1) is 18.7. The van der Waals surface area contributed by atoms with Crippen LogP contribution in [0.5, 0.6) is 17.2 Å². The Morgan fingerprint density at radius 3 is 2.46 bits per heavy atom.